The SMILES string of the molecule is C[C@@H]1C[C@H](c2ccc(CN)c3ncccc23)CN(C(=O)CC(F)(F)F)C1. The van der Waals surface area contributed by atoms with Crippen molar-refractivity contribution in [2.75, 3.05) is 13.1 Å². The van der Waals surface area contributed by atoms with Crippen molar-refractivity contribution in [3.63, 3.8) is 0 Å². The van der Waals surface area contributed by atoms with Crippen molar-refractivity contribution in [3.8, 4) is 0 Å². The molecule has 0 unspecified atom stereocenters. The summed E-state index contributed by atoms with van der Waals surface area (Å²) in [6.07, 6.45) is -3.36. The molecule has 26 heavy (non-hydrogen) atoms. The number of fused-ring (bicyclic) bond motifs is 1. The third kappa shape index (κ3) is 3.98. The molecule has 2 N–H and O–H groups in total. The lowest BCUT2D eigenvalue weighted by molar-refractivity contribution is -0.162. The Morgan fingerprint density at radius 3 is 2.77 bits per heavy atom. The summed E-state index contributed by atoms with van der Waals surface area (Å²) < 4.78 is 37.8. The highest BCUT2D eigenvalue weighted by Gasteiger charge is 2.36. The molecule has 1 fully saturated rings. The van der Waals surface area contributed by atoms with E-state index in [-0.39, 0.29) is 11.8 Å². The van der Waals surface area contributed by atoms with Crippen molar-refractivity contribution in [2.45, 2.75) is 38.4 Å². The quantitative estimate of drug-likeness (QED) is 0.904. The highest BCUT2D eigenvalue weighted by atomic mass is 19.4. The zero-order chi connectivity index (χ0) is 18.9. The number of nitrogens with two attached hydrogens (primary N) is 1. The van der Waals surface area contributed by atoms with E-state index in [1.165, 1.54) is 4.90 Å². The molecule has 0 bridgehead atoms. The average molecular weight is 365 g/mol. The third-order valence-corrected chi connectivity index (χ3v) is 4.91. The predicted molar refractivity (Wildman–Crippen MR) is 93.4 cm³/mol. The van der Waals surface area contributed by atoms with E-state index in [9.17, 15) is 18.0 Å². The number of nitrogens with zero attached hydrogens (tertiary/aromatic N) is 2. The van der Waals surface area contributed by atoms with Crippen LogP contribution in [0.15, 0.2) is 30.5 Å². The Morgan fingerprint density at radius 2 is 2.08 bits per heavy atom. The molecule has 1 aromatic carbocycles. The number of rotatable bonds is 3. The number of alkyl halides is 3. The number of carbonyl (C=O) groups excluding carboxylic acids is 1. The van der Waals surface area contributed by atoms with Crippen LogP contribution < -0.4 is 5.73 Å². The first-order valence-electron chi connectivity index (χ1n) is 8.69. The minimum Gasteiger partial charge on any atom is -0.342 e. The summed E-state index contributed by atoms with van der Waals surface area (Å²) in [4.78, 5) is 17.8. The Kier molecular flexibility index (Phi) is 5.18. The molecule has 2 atom stereocenters. The predicted octanol–water partition coefficient (Wildman–Crippen LogP) is 3.60. The van der Waals surface area contributed by atoms with Gasteiger partial charge in [0, 0.05) is 37.1 Å². The number of amides is 1. The van der Waals surface area contributed by atoms with Crippen molar-refractivity contribution < 1.29 is 18.0 Å². The monoisotopic (exact) mass is 365 g/mol. The van der Waals surface area contributed by atoms with Gasteiger partial charge in [0.2, 0.25) is 5.91 Å². The van der Waals surface area contributed by atoms with Gasteiger partial charge in [-0.05, 0) is 29.5 Å². The Bertz CT molecular complexity index is 806. The Morgan fingerprint density at radius 1 is 1.31 bits per heavy atom. The molecule has 140 valence electrons. The molecule has 1 aliphatic rings. The Hall–Kier alpha value is -2.15. The van der Waals surface area contributed by atoms with E-state index < -0.39 is 18.5 Å². The third-order valence-electron chi connectivity index (χ3n) is 4.91. The van der Waals surface area contributed by atoms with Crippen LogP contribution in [0.4, 0.5) is 13.2 Å². The number of aromatic nitrogens is 1. The second-order valence-corrected chi connectivity index (χ2v) is 7.05. The van der Waals surface area contributed by atoms with Crippen LogP contribution in [0.2, 0.25) is 0 Å². The molecule has 1 saturated heterocycles. The number of carbonyl (C=O) groups is 1. The summed E-state index contributed by atoms with van der Waals surface area (Å²) >= 11 is 0. The molecule has 2 aromatic rings. The maximum atomic E-state index is 12.6. The summed E-state index contributed by atoms with van der Waals surface area (Å²) in [5.74, 6) is -0.739. The molecule has 2 heterocycles. The zero-order valence-corrected chi connectivity index (χ0v) is 14.6. The Balaban J connectivity index is 1.92. The number of pyridine rings is 1. The summed E-state index contributed by atoms with van der Waals surface area (Å²) in [5, 5.41) is 0.956. The van der Waals surface area contributed by atoms with Gasteiger partial charge in [-0.25, -0.2) is 0 Å². The molecule has 0 spiro atoms. The molecular weight excluding hydrogens is 343 g/mol. The Labute approximate surface area is 150 Å². The van der Waals surface area contributed by atoms with E-state index in [4.69, 9.17) is 5.73 Å². The summed E-state index contributed by atoms with van der Waals surface area (Å²) in [6, 6.07) is 7.69. The number of hydrogen-bond donors (Lipinski definition) is 1. The summed E-state index contributed by atoms with van der Waals surface area (Å²) in [7, 11) is 0. The molecule has 0 saturated carbocycles. The van der Waals surface area contributed by atoms with Gasteiger partial charge in [-0.15, -0.1) is 0 Å². The first-order chi connectivity index (χ1) is 12.3. The van der Waals surface area contributed by atoms with Gasteiger partial charge in [0.05, 0.1) is 5.52 Å². The first-order valence-corrected chi connectivity index (χ1v) is 8.69. The van der Waals surface area contributed by atoms with Crippen LogP contribution in [0.5, 0.6) is 0 Å². The minimum absolute atomic E-state index is 0.0190. The van der Waals surface area contributed by atoms with Crippen molar-refractivity contribution in [1.29, 1.82) is 0 Å². The normalized spacial score (nSPS) is 21.2. The van der Waals surface area contributed by atoms with E-state index in [0.29, 0.717) is 19.6 Å². The fraction of sp³-hybridized carbons (Fsp3) is 0.474. The van der Waals surface area contributed by atoms with Gasteiger partial charge < -0.3 is 10.6 Å². The smallest absolute Gasteiger partial charge is 0.342 e. The zero-order valence-electron chi connectivity index (χ0n) is 14.6. The van der Waals surface area contributed by atoms with Gasteiger partial charge in [0.1, 0.15) is 6.42 Å². The lowest BCUT2D eigenvalue weighted by atomic mass is 9.83. The molecule has 7 heteroatoms. The molecular formula is C19H22F3N3O. The maximum absolute atomic E-state index is 12.6. The van der Waals surface area contributed by atoms with Crippen molar-refractivity contribution >= 4 is 16.8 Å². The van der Waals surface area contributed by atoms with Crippen LogP contribution >= 0.6 is 0 Å². The summed E-state index contributed by atoms with van der Waals surface area (Å²) in [5.41, 5.74) is 8.55. The topological polar surface area (TPSA) is 59.2 Å². The lowest BCUT2D eigenvalue weighted by Crippen LogP contribution is -2.43. The van der Waals surface area contributed by atoms with E-state index in [2.05, 4.69) is 4.98 Å². The van der Waals surface area contributed by atoms with E-state index in [0.717, 1.165) is 28.5 Å². The van der Waals surface area contributed by atoms with Crippen LogP contribution in [0, 0.1) is 5.92 Å². The standard InChI is InChI=1S/C19H22F3N3O/c1-12-7-14(11-25(10-12)17(26)8-19(20,21)22)15-5-4-13(9-23)18-16(15)3-2-6-24-18/h2-6,12,14H,7-11,23H2,1H3/t12-,14+/m1/s1. The fourth-order valence-corrected chi connectivity index (χ4v) is 3.84. The van der Waals surface area contributed by atoms with Crippen molar-refractivity contribution in [1.82, 2.24) is 9.88 Å². The van der Waals surface area contributed by atoms with Gasteiger partial charge >= 0.3 is 6.18 Å². The molecule has 3 rings (SSSR count). The second kappa shape index (κ2) is 7.23. The highest BCUT2D eigenvalue weighted by Crippen LogP contribution is 2.35. The average Bonchev–Trinajstić information content (AvgIpc) is 2.58. The second-order valence-electron chi connectivity index (χ2n) is 7.05. The van der Waals surface area contributed by atoms with E-state index >= 15 is 0 Å². The van der Waals surface area contributed by atoms with Crippen LogP contribution in [-0.2, 0) is 11.3 Å². The minimum atomic E-state index is -4.48. The molecule has 0 aliphatic carbocycles. The largest absolute Gasteiger partial charge is 0.397 e. The van der Waals surface area contributed by atoms with Gasteiger partial charge in [-0.3, -0.25) is 9.78 Å². The van der Waals surface area contributed by atoms with Crippen LogP contribution in [-0.4, -0.2) is 35.1 Å². The van der Waals surface area contributed by atoms with Crippen LogP contribution in [0.25, 0.3) is 10.9 Å². The molecule has 1 aromatic heterocycles. The number of halogens is 3. The molecule has 1 amide bonds. The highest BCUT2D eigenvalue weighted by molar-refractivity contribution is 5.86. The summed E-state index contributed by atoms with van der Waals surface area (Å²) in [6.45, 7) is 2.99. The fourth-order valence-electron chi connectivity index (χ4n) is 3.84. The van der Waals surface area contributed by atoms with Gasteiger partial charge in [-0.1, -0.05) is 25.1 Å². The lowest BCUT2D eigenvalue weighted by Gasteiger charge is -2.37. The number of hydrogen-bond acceptors (Lipinski definition) is 3. The van der Waals surface area contributed by atoms with Crippen molar-refractivity contribution in [2.24, 2.45) is 11.7 Å². The molecule has 1 aliphatic heterocycles. The van der Waals surface area contributed by atoms with E-state index in [1.807, 2.05) is 31.2 Å². The van der Waals surface area contributed by atoms with Gasteiger partial charge in [-0.2, -0.15) is 13.2 Å². The number of piperidine rings is 1. The van der Waals surface area contributed by atoms with Crippen LogP contribution in [0.1, 0.15) is 36.8 Å². The number of likely N-dealkylation sites (tertiary alicyclic amines) is 1. The maximum Gasteiger partial charge on any atom is 0.397 e. The van der Waals surface area contributed by atoms with Gasteiger partial charge in [0.25, 0.3) is 0 Å². The van der Waals surface area contributed by atoms with Gasteiger partial charge in [0.15, 0.2) is 0 Å². The molecule has 4 nitrogen and oxygen atoms in total. The van der Waals surface area contributed by atoms with Crippen LogP contribution in [0.3, 0.4) is 0 Å². The van der Waals surface area contributed by atoms with E-state index in [1.54, 1.807) is 6.20 Å². The molecule has 0 radical (unpaired) electrons. The van der Waals surface area contributed by atoms with Crippen molar-refractivity contribution in [3.05, 3.63) is 41.6 Å². The number of benzene rings is 1. The first kappa shape index (κ1) is 18.6.